The molecule has 0 bridgehead atoms. The number of pyridine rings is 1. The molecule has 0 spiro atoms. The zero-order chi connectivity index (χ0) is 19.1. The number of nitrogens with one attached hydrogen (secondary N) is 1. The highest BCUT2D eigenvalue weighted by atomic mass is 79.9. The third-order valence-corrected chi connectivity index (χ3v) is 3.91. The molecule has 1 heterocycles. The van der Waals surface area contributed by atoms with Crippen molar-refractivity contribution in [3.05, 3.63) is 82.6 Å². The Kier molecular flexibility index (Phi) is 6.01. The summed E-state index contributed by atoms with van der Waals surface area (Å²) in [5.41, 5.74) is 4.45. The first-order valence-electron chi connectivity index (χ1n) is 7.85. The zero-order valence-electron chi connectivity index (χ0n) is 14.0. The monoisotopic (exact) mass is 423 g/mol. The van der Waals surface area contributed by atoms with Gasteiger partial charge in [0.1, 0.15) is 5.75 Å². The van der Waals surface area contributed by atoms with E-state index in [1.807, 2.05) is 24.3 Å². The number of hydrogen-bond donors (Lipinski definition) is 2. The Morgan fingerprint density at radius 1 is 1.04 bits per heavy atom. The smallest absolute Gasteiger partial charge is 0.271 e. The Bertz CT molecular complexity index is 1010. The fourth-order valence-electron chi connectivity index (χ4n) is 2.09. The predicted octanol–water partition coefficient (Wildman–Crippen LogP) is 4.73. The van der Waals surface area contributed by atoms with Gasteiger partial charge in [-0.3, -0.25) is 9.78 Å². The average molecular weight is 424 g/mol. The molecule has 0 saturated heterocycles. The van der Waals surface area contributed by atoms with E-state index in [0.717, 1.165) is 4.47 Å². The van der Waals surface area contributed by atoms with E-state index in [4.69, 9.17) is 0 Å². The molecule has 0 aliphatic carbocycles. The Hall–Kier alpha value is -3.39. The van der Waals surface area contributed by atoms with Gasteiger partial charge in [-0.2, -0.15) is 15.3 Å². The highest BCUT2D eigenvalue weighted by molar-refractivity contribution is 9.10. The van der Waals surface area contributed by atoms with Gasteiger partial charge in [-0.1, -0.05) is 22.0 Å². The molecular weight excluding hydrogens is 410 g/mol. The lowest BCUT2D eigenvalue weighted by Crippen LogP contribution is -2.17. The highest BCUT2D eigenvalue weighted by Crippen LogP contribution is 2.25. The Morgan fingerprint density at radius 3 is 2.52 bits per heavy atom. The second kappa shape index (κ2) is 8.81. The van der Waals surface area contributed by atoms with Crippen LogP contribution in [0.1, 0.15) is 15.9 Å². The minimum atomic E-state index is -0.376. The molecule has 1 aromatic heterocycles. The number of rotatable bonds is 5. The number of hydrogen-bond acceptors (Lipinski definition) is 6. The first-order valence-corrected chi connectivity index (χ1v) is 8.65. The van der Waals surface area contributed by atoms with Crippen molar-refractivity contribution in [1.82, 2.24) is 10.4 Å². The van der Waals surface area contributed by atoms with Crippen LogP contribution >= 0.6 is 15.9 Å². The Morgan fingerprint density at radius 2 is 1.78 bits per heavy atom. The minimum Gasteiger partial charge on any atom is -0.507 e. The standard InChI is InChI=1S/C19H14BrN5O2/c20-15-2-1-3-16(11-15)23-24-17-4-5-18(26)14(10-17)12-22-25-19(27)13-6-8-21-9-7-13/h1-12,26H,(H,25,27)/b22-12+,24-23?. The summed E-state index contributed by atoms with van der Waals surface area (Å²) in [6, 6.07) is 15.3. The zero-order valence-corrected chi connectivity index (χ0v) is 15.5. The number of phenols is 1. The van der Waals surface area contributed by atoms with Crippen LogP contribution in [0.5, 0.6) is 5.75 Å². The minimum absolute atomic E-state index is 0.0123. The topological polar surface area (TPSA) is 99.3 Å². The lowest BCUT2D eigenvalue weighted by Gasteiger charge is -2.01. The number of nitrogens with zero attached hydrogens (tertiary/aromatic N) is 4. The van der Waals surface area contributed by atoms with Crippen LogP contribution in [0.15, 0.2) is 86.8 Å². The highest BCUT2D eigenvalue weighted by Gasteiger charge is 2.04. The van der Waals surface area contributed by atoms with Crippen molar-refractivity contribution in [3.8, 4) is 5.75 Å². The number of carbonyl (C=O) groups excluding carboxylic acids is 1. The number of benzene rings is 2. The number of aromatic nitrogens is 1. The second-order valence-corrected chi connectivity index (χ2v) is 6.27. The van der Waals surface area contributed by atoms with Gasteiger partial charge in [0.15, 0.2) is 0 Å². The number of hydrazone groups is 1. The normalized spacial score (nSPS) is 11.1. The van der Waals surface area contributed by atoms with Gasteiger partial charge in [0.25, 0.3) is 5.91 Å². The van der Waals surface area contributed by atoms with Gasteiger partial charge >= 0.3 is 0 Å². The fraction of sp³-hybridized carbons (Fsp3) is 0. The van der Waals surface area contributed by atoms with Crippen LogP contribution in [0, 0.1) is 0 Å². The summed E-state index contributed by atoms with van der Waals surface area (Å²) in [4.78, 5) is 15.8. The van der Waals surface area contributed by atoms with E-state index in [9.17, 15) is 9.90 Å². The third-order valence-electron chi connectivity index (χ3n) is 3.41. The van der Waals surface area contributed by atoms with Crippen molar-refractivity contribution in [2.24, 2.45) is 15.3 Å². The maximum Gasteiger partial charge on any atom is 0.271 e. The van der Waals surface area contributed by atoms with Crippen LogP contribution in [0.2, 0.25) is 0 Å². The molecule has 0 unspecified atom stereocenters. The number of azo groups is 1. The molecule has 0 saturated carbocycles. The Labute approximate surface area is 163 Å². The number of carbonyl (C=O) groups is 1. The summed E-state index contributed by atoms with van der Waals surface area (Å²) in [5, 5.41) is 22.1. The number of halogens is 1. The molecule has 0 aliphatic heterocycles. The van der Waals surface area contributed by atoms with Gasteiger partial charge < -0.3 is 5.11 Å². The maximum absolute atomic E-state index is 11.9. The molecular formula is C19H14BrN5O2. The molecule has 1 amide bonds. The van der Waals surface area contributed by atoms with E-state index in [-0.39, 0.29) is 11.7 Å². The van der Waals surface area contributed by atoms with E-state index in [2.05, 4.69) is 41.7 Å². The second-order valence-electron chi connectivity index (χ2n) is 5.36. The van der Waals surface area contributed by atoms with Gasteiger partial charge in [0, 0.05) is 28.0 Å². The summed E-state index contributed by atoms with van der Waals surface area (Å²) in [7, 11) is 0. The fourth-order valence-corrected chi connectivity index (χ4v) is 2.48. The van der Waals surface area contributed by atoms with E-state index in [0.29, 0.717) is 22.5 Å². The summed E-state index contributed by atoms with van der Waals surface area (Å²) in [6.45, 7) is 0. The van der Waals surface area contributed by atoms with Crippen LogP contribution in [0.4, 0.5) is 11.4 Å². The molecule has 134 valence electrons. The summed E-state index contributed by atoms with van der Waals surface area (Å²) in [6.07, 6.45) is 4.38. The van der Waals surface area contributed by atoms with E-state index >= 15 is 0 Å². The average Bonchev–Trinajstić information content (AvgIpc) is 2.69. The SMILES string of the molecule is O=C(N/N=C/c1cc(N=Nc2cccc(Br)c2)ccc1O)c1ccncc1. The molecule has 3 aromatic rings. The summed E-state index contributed by atoms with van der Waals surface area (Å²) in [5.74, 6) is -0.364. The van der Waals surface area contributed by atoms with Gasteiger partial charge in [-0.05, 0) is 48.5 Å². The van der Waals surface area contributed by atoms with Crippen LogP contribution in [0.25, 0.3) is 0 Å². The van der Waals surface area contributed by atoms with Crippen molar-refractivity contribution in [2.45, 2.75) is 0 Å². The van der Waals surface area contributed by atoms with E-state index < -0.39 is 0 Å². The largest absolute Gasteiger partial charge is 0.507 e. The van der Waals surface area contributed by atoms with Gasteiger partial charge in [0.05, 0.1) is 17.6 Å². The molecule has 2 N–H and O–H groups in total. The first-order chi connectivity index (χ1) is 13.1. The quantitative estimate of drug-likeness (QED) is 0.352. The van der Waals surface area contributed by atoms with Crippen molar-refractivity contribution in [3.63, 3.8) is 0 Å². The molecule has 7 nitrogen and oxygen atoms in total. The van der Waals surface area contributed by atoms with Crippen LogP contribution in [-0.2, 0) is 0 Å². The first kappa shape index (κ1) is 18.4. The van der Waals surface area contributed by atoms with Crippen LogP contribution in [-0.4, -0.2) is 22.2 Å². The lowest BCUT2D eigenvalue weighted by atomic mass is 10.2. The molecule has 2 aromatic carbocycles. The van der Waals surface area contributed by atoms with Crippen LogP contribution < -0.4 is 5.43 Å². The summed E-state index contributed by atoms with van der Waals surface area (Å²) >= 11 is 3.38. The van der Waals surface area contributed by atoms with Gasteiger partial charge in [-0.25, -0.2) is 5.43 Å². The Balaban J connectivity index is 1.70. The van der Waals surface area contributed by atoms with Crippen molar-refractivity contribution in [1.29, 1.82) is 0 Å². The molecule has 0 aliphatic rings. The molecule has 27 heavy (non-hydrogen) atoms. The van der Waals surface area contributed by atoms with Crippen molar-refractivity contribution in [2.75, 3.05) is 0 Å². The predicted molar refractivity (Wildman–Crippen MR) is 106 cm³/mol. The van der Waals surface area contributed by atoms with E-state index in [1.165, 1.54) is 24.7 Å². The van der Waals surface area contributed by atoms with Gasteiger partial charge in [0.2, 0.25) is 0 Å². The summed E-state index contributed by atoms with van der Waals surface area (Å²) < 4.78 is 0.905. The number of phenolic OH excluding ortho intramolecular Hbond substituents is 1. The molecule has 0 fully saturated rings. The number of aromatic hydroxyl groups is 1. The lowest BCUT2D eigenvalue weighted by molar-refractivity contribution is 0.0955. The number of amides is 1. The maximum atomic E-state index is 11.9. The van der Waals surface area contributed by atoms with E-state index in [1.54, 1.807) is 24.3 Å². The van der Waals surface area contributed by atoms with Crippen molar-refractivity contribution < 1.29 is 9.90 Å². The molecule has 3 rings (SSSR count). The van der Waals surface area contributed by atoms with Crippen molar-refractivity contribution >= 4 is 39.4 Å². The molecule has 0 radical (unpaired) electrons. The molecule has 8 heteroatoms. The molecule has 0 atom stereocenters. The third kappa shape index (κ3) is 5.29. The van der Waals surface area contributed by atoms with Crippen LogP contribution in [0.3, 0.4) is 0 Å². The van der Waals surface area contributed by atoms with Gasteiger partial charge in [-0.15, -0.1) is 0 Å².